The van der Waals surface area contributed by atoms with Gasteiger partial charge in [-0.05, 0) is 76.7 Å². The molecule has 0 aromatic heterocycles. The molecule has 0 aliphatic carbocycles. The quantitative estimate of drug-likeness (QED) is 0.0206. The van der Waals surface area contributed by atoms with Crippen LogP contribution in [0.3, 0.4) is 0 Å². The van der Waals surface area contributed by atoms with Crippen LogP contribution in [0.4, 0.5) is 0 Å². The number of nitrogens with two attached hydrogens (primary N) is 1. The highest BCUT2D eigenvalue weighted by molar-refractivity contribution is 7.47. The van der Waals surface area contributed by atoms with Crippen LogP contribution in [0, 0.1) is 0 Å². The predicted molar refractivity (Wildman–Crippen MR) is 229 cm³/mol. The average Bonchev–Trinajstić information content (AvgIpc) is 3.16. The largest absolute Gasteiger partial charge is 0.492 e. The number of carbonyl (C=O) groups excluding carboxylic acids is 1. The molecule has 54 heavy (non-hydrogen) atoms. The van der Waals surface area contributed by atoms with Gasteiger partial charge >= 0.3 is 13.8 Å². The number of allylic oxidation sites excluding steroid dienone is 5. The highest BCUT2D eigenvalue weighted by Crippen LogP contribution is 2.43. The van der Waals surface area contributed by atoms with Crippen LogP contribution in [0.5, 0.6) is 0 Å². The SMILES string of the molecule is CCCCCCC=CCCCCCCCCC=CO[C@H](COC(=O)CCCCCCCCCCCC=CCCCCCCCC)COP(=O)(O)OCCN. The van der Waals surface area contributed by atoms with Gasteiger partial charge in [-0.25, -0.2) is 4.57 Å². The molecule has 8 nitrogen and oxygen atoms in total. The molecule has 2 atom stereocenters. The summed E-state index contributed by atoms with van der Waals surface area (Å²) < 4.78 is 33.2. The third-order valence-electron chi connectivity index (χ3n) is 9.62. The minimum atomic E-state index is -4.27. The van der Waals surface area contributed by atoms with E-state index in [2.05, 4.69) is 38.2 Å². The molecule has 0 heterocycles. The number of phosphoric acid groups is 1. The van der Waals surface area contributed by atoms with Gasteiger partial charge < -0.3 is 20.1 Å². The van der Waals surface area contributed by atoms with Crippen molar-refractivity contribution in [1.29, 1.82) is 0 Å². The minimum Gasteiger partial charge on any atom is -0.492 e. The molecule has 0 radical (unpaired) electrons. The molecule has 9 heteroatoms. The van der Waals surface area contributed by atoms with Crippen LogP contribution in [0.1, 0.15) is 213 Å². The van der Waals surface area contributed by atoms with Gasteiger partial charge in [0.25, 0.3) is 0 Å². The van der Waals surface area contributed by atoms with Gasteiger partial charge in [0.15, 0.2) is 6.10 Å². The molecule has 0 amide bonds. The lowest BCUT2D eigenvalue weighted by atomic mass is 10.1. The van der Waals surface area contributed by atoms with Crippen LogP contribution in [-0.2, 0) is 27.9 Å². The number of rotatable bonds is 43. The molecule has 0 aromatic carbocycles. The van der Waals surface area contributed by atoms with Gasteiger partial charge in [-0.1, -0.05) is 160 Å². The van der Waals surface area contributed by atoms with Gasteiger partial charge in [-0.2, -0.15) is 0 Å². The Labute approximate surface area is 333 Å². The van der Waals surface area contributed by atoms with Crippen molar-refractivity contribution in [2.45, 2.75) is 219 Å². The molecule has 0 bridgehead atoms. The lowest BCUT2D eigenvalue weighted by Gasteiger charge is -2.19. The van der Waals surface area contributed by atoms with E-state index in [-0.39, 0.29) is 32.3 Å². The third kappa shape index (κ3) is 41.7. The van der Waals surface area contributed by atoms with E-state index in [4.69, 9.17) is 24.3 Å². The van der Waals surface area contributed by atoms with Gasteiger partial charge in [0.1, 0.15) is 6.61 Å². The van der Waals surface area contributed by atoms with E-state index < -0.39 is 13.9 Å². The first-order valence-corrected chi connectivity index (χ1v) is 24.0. The van der Waals surface area contributed by atoms with E-state index in [1.165, 1.54) is 161 Å². The summed E-state index contributed by atoms with van der Waals surface area (Å²) in [5.41, 5.74) is 5.37. The zero-order chi connectivity index (χ0) is 39.5. The molecule has 0 aliphatic heterocycles. The van der Waals surface area contributed by atoms with E-state index >= 15 is 0 Å². The number of hydrogen-bond donors (Lipinski definition) is 2. The van der Waals surface area contributed by atoms with Crippen molar-refractivity contribution in [1.82, 2.24) is 0 Å². The lowest BCUT2D eigenvalue weighted by Crippen LogP contribution is -2.25. The van der Waals surface area contributed by atoms with Crippen LogP contribution in [0.2, 0.25) is 0 Å². The Hall–Kier alpha value is -1.44. The summed E-state index contributed by atoms with van der Waals surface area (Å²) in [6.07, 6.45) is 49.8. The Morgan fingerprint density at radius 1 is 0.556 bits per heavy atom. The van der Waals surface area contributed by atoms with Crippen molar-refractivity contribution in [2.75, 3.05) is 26.4 Å². The summed E-state index contributed by atoms with van der Waals surface area (Å²) in [5.74, 6) is -0.293. The summed E-state index contributed by atoms with van der Waals surface area (Å²) in [6, 6.07) is 0. The number of hydrogen-bond acceptors (Lipinski definition) is 7. The van der Waals surface area contributed by atoms with Gasteiger partial charge in [-0.3, -0.25) is 13.8 Å². The summed E-state index contributed by atoms with van der Waals surface area (Å²) >= 11 is 0. The fourth-order valence-corrected chi connectivity index (χ4v) is 6.97. The van der Waals surface area contributed by atoms with Crippen molar-refractivity contribution < 1.29 is 32.8 Å². The van der Waals surface area contributed by atoms with Gasteiger partial charge in [0.2, 0.25) is 0 Å². The second-order valence-electron chi connectivity index (χ2n) is 15.0. The molecule has 1 unspecified atom stereocenters. The molecule has 3 N–H and O–H groups in total. The fourth-order valence-electron chi connectivity index (χ4n) is 6.21. The van der Waals surface area contributed by atoms with Crippen LogP contribution in [0.15, 0.2) is 36.6 Å². The van der Waals surface area contributed by atoms with E-state index in [0.717, 1.165) is 32.1 Å². The van der Waals surface area contributed by atoms with E-state index in [1.54, 1.807) is 6.26 Å². The zero-order valence-electron chi connectivity index (χ0n) is 35.2. The summed E-state index contributed by atoms with van der Waals surface area (Å²) in [6.45, 7) is 4.21. The predicted octanol–water partition coefficient (Wildman–Crippen LogP) is 13.8. The number of ether oxygens (including phenoxy) is 2. The Kier molecular flexibility index (Phi) is 41.6. The summed E-state index contributed by atoms with van der Waals surface area (Å²) in [5, 5.41) is 0. The van der Waals surface area contributed by atoms with Crippen molar-refractivity contribution >= 4 is 13.8 Å². The fraction of sp³-hybridized carbons (Fsp3) is 0.844. The molecule has 0 saturated heterocycles. The van der Waals surface area contributed by atoms with E-state index in [1.807, 2.05) is 6.08 Å². The highest BCUT2D eigenvalue weighted by Gasteiger charge is 2.24. The van der Waals surface area contributed by atoms with Crippen LogP contribution in [-0.4, -0.2) is 43.3 Å². The van der Waals surface area contributed by atoms with Crippen molar-refractivity contribution in [3.63, 3.8) is 0 Å². The lowest BCUT2D eigenvalue weighted by molar-refractivity contribution is -0.147. The molecule has 0 rings (SSSR count). The van der Waals surface area contributed by atoms with Crippen LogP contribution >= 0.6 is 7.82 Å². The standard InChI is InChI=1S/C45H86NO7P/c1-3-5-7-9-11-13-15-17-19-21-22-23-24-26-28-30-32-34-36-38-45(47)51-42-44(43-53-54(48,49)52-41-39-46)50-40-37-35-33-31-29-27-25-20-18-16-14-12-10-8-6-4-2/h14,16-17,19,37,40,44H,3-13,15,18,20-36,38-39,41-43,46H2,1-2H3,(H,48,49)/t44-/m1/s1. The molecule has 0 saturated carbocycles. The second-order valence-corrected chi connectivity index (χ2v) is 16.4. The molecule has 318 valence electrons. The maximum absolute atomic E-state index is 12.4. The Morgan fingerprint density at radius 2 is 0.944 bits per heavy atom. The topological polar surface area (TPSA) is 117 Å². The Morgan fingerprint density at radius 3 is 1.39 bits per heavy atom. The number of unbranched alkanes of at least 4 members (excludes halogenated alkanes) is 26. The van der Waals surface area contributed by atoms with E-state index in [9.17, 15) is 14.3 Å². The van der Waals surface area contributed by atoms with Gasteiger partial charge in [0.05, 0.1) is 19.5 Å². The molecule has 0 aromatic rings. The minimum absolute atomic E-state index is 0.0664. The van der Waals surface area contributed by atoms with Crippen LogP contribution < -0.4 is 5.73 Å². The normalized spacial score (nSPS) is 13.7. The van der Waals surface area contributed by atoms with E-state index in [0.29, 0.717) is 6.42 Å². The highest BCUT2D eigenvalue weighted by atomic mass is 31.2. The molecule has 0 spiro atoms. The maximum Gasteiger partial charge on any atom is 0.472 e. The first-order valence-electron chi connectivity index (χ1n) is 22.5. The van der Waals surface area contributed by atoms with Crippen molar-refractivity contribution in [2.24, 2.45) is 5.73 Å². The first kappa shape index (κ1) is 52.6. The van der Waals surface area contributed by atoms with Crippen molar-refractivity contribution in [3.8, 4) is 0 Å². The number of phosphoric ester groups is 1. The average molecular weight is 784 g/mol. The van der Waals surface area contributed by atoms with Crippen LogP contribution in [0.25, 0.3) is 0 Å². The smallest absolute Gasteiger partial charge is 0.472 e. The van der Waals surface area contributed by atoms with Crippen molar-refractivity contribution in [3.05, 3.63) is 36.6 Å². The summed E-state index contributed by atoms with van der Waals surface area (Å²) in [4.78, 5) is 22.3. The van der Waals surface area contributed by atoms with Gasteiger partial charge in [0, 0.05) is 13.0 Å². The Bertz CT molecular complexity index is 926. The summed E-state index contributed by atoms with van der Waals surface area (Å²) in [7, 11) is -4.27. The molecule has 0 fully saturated rings. The molecule has 0 aliphatic rings. The molecular weight excluding hydrogens is 697 g/mol. The third-order valence-corrected chi connectivity index (χ3v) is 10.6. The number of carbonyl (C=O) groups is 1. The second kappa shape index (κ2) is 42.7. The monoisotopic (exact) mass is 784 g/mol. The molecular formula is C45H86NO7P. The zero-order valence-corrected chi connectivity index (χ0v) is 36.1. The number of esters is 1. The maximum atomic E-state index is 12.4. The first-order chi connectivity index (χ1) is 26.4. The Balaban J connectivity index is 4.04. The van der Waals surface area contributed by atoms with Gasteiger partial charge in [-0.15, -0.1) is 0 Å².